The summed E-state index contributed by atoms with van der Waals surface area (Å²) < 4.78 is 29.1. The van der Waals surface area contributed by atoms with Crippen molar-refractivity contribution in [2.45, 2.75) is 66.1 Å². The molecule has 3 aromatic carbocycles. The van der Waals surface area contributed by atoms with E-state index in [4.69, 9.17) is 23.7 Å². The molecular weight excluding hydrogens is 500 g/mol. The minimum atomic E-state index is 0.0653. The van der Waals surface area contributed by atoms with Crippen LogP contribution in [0, 0.1) is 0 Å². The highest BCUT2D eigenvalue weighted by Crippen LogP contribution is 2.40. The van der Waals surface area contributed by atoms with Crippen molar-refractivity contribution in [3.8, 4) is 28.7 Å². The Hall–Kier alpha value is -3.86. The number of rotatable bonds is 14. The van der Waals surface area contributed by atoms with Crippen molar-refractivity contribution in [3.05, 3.63) is 76.3 Å². The van der Waals surface area contributed by atoms with Gasteiger partial charge in [-0.1, -0.05) is 69.3 Å². The molecule has 3 aromatic rings. The van der Waals surface area contributed by atoms with Gasteiger partial charge in [0.05, 0.1) is 33.5 Å². The summed E-state index contributed by atoms with van der Waals surface area (Å²) >= 11 is 0. The van der Waals surface area contributed by atoms with E-state index in [1.54, 1.807) is 21.3 Å². The van der Waals surface area contributed by atoms with Crippen LogP contribution in [0.15, 0.2) is 48.5 Å². The highest BCUT2D eigenvalue weighted by Gasteiger charge is 2.16. The lowest BCUT2D eigenvalue weighted by molar-refractivity contribution is 0.198. The lowest BCUT2D eigenvalue weighted by Gasteiger charge is -2.19. The number of hydrogen-bond donors (Lipinski definition) is 0. The first kappa shape index (κ1) is 30.7. The molecular formula is C35H44O5. The molecule has 0 saturated heterocycles. The summed E-state index contributed by atoms with van der Waals surface area (Å²) in [7, 11) is 4.98. The minimum Gasteiger partial charge on any atom is -0.493 e. The first-order chi connectivity index (χ1) is 19.3. The Kier molecular flexibility index (Phi) is 11.6. The largest absolute Gasteiger partial charge is 0.493 e. The Balaban J connectivity index is 1.77. The quantitative estimate of drug-likeness (QED) is 0.190. The maximum absolute atomic E-state index is 6.17. The molecule has 5 heteroatoms. The molecule has 0 aliphatic rings. The van der Waals surface area contributed by atoms with Gasteiger partial charge in [-0.3, -0.25) is 0 Å². The third-order valence-electron chi connectivity index (χ3n) is 6.90. The average molecular weight is 545 g/mol. The second-order valence-corrected chi connectivity index (χ2v) is 9.83. The highest BCUT2D eigenvalue weighted by molar-refractivity contribution is 5.75. The summed E-state index contributed by atoms with van der Waals surface area (Å²) in [6.45, 7) is 10.5. The topological polar surface area (TPSA) is 46.2 Å². The van der Waals surface area contributed by atoms with Crippen LogP contribution in [0.5, 0.6) is 28.7 Å². The Bertz CT molecular complexity index is 1140. The fourth-order valence-electron chi connectivity index (χ4n) is 4.11. The predicted octanol–water partition coefficient (Wildman–Crippen LogP) is 8.97. The molecule has 0 aromatic heterocycles. The van der Waals surface area contributed by atoms with Crippen molar-refractivity contribution in [2.75, 3.05) is 21.3 Å². The molecule has 0 bridgehead atoms. The molecule has 0 radical (unpaired) electrons. The third-order valence-corrected chi connectivity index (χ3v) is 6.90. The van der Waals surface area contributed by atoms with E-state index in [-0.39, 0.29) is 12.2 Å². The monoisotopic (exact) mass is 544 g/mol. The standard InChI is InChI=1S/C35H44O5/c1-9-24(4)39-34-30(11-3)20-28(21-31(34)36-6)18-16-26-12-14-27(15-13-26)17-19-29-22-32(37-7)35(33(23-29)38-8)40-25(5)10-2/h12-25H,9-11H2,1-8H3. The molecule has 0 fully saturated rings. The van der Waals surface area contributed by atoms with Gasteiger partial charge in [0.25, 0.3) is 0 Å². The van der Waals surface area contributed by atoms with Crippen molar-refractivity contribution >= 4 is 24.3 Å². The average Bonchev–Trinajstić information content (AvgIpc) is 2.99. The van der Waals surface area contributed by atoms with Gasteiger partial charge in [-0.25, -0.2) is 0 Å². The first-order valence-corrected chi connectivity index (χ1v) is 14.1. The summed E-state index contributed by atoms with van der Waals surface area (Å²) in [6, 6.07) is 16.6. The minimum absolute atomic E-state index is 0.0653. The zero-order chi connectivity index (χ0) is 29.1. The smallest absolute Gasteiger partial charge is 0.203 e. The van der Waals surface area contributed by atoms with Crippen LogP contribution in [-0.2, 0) is 6.42 Å². The summed E-state index contributed by atoms with van der Waals surface area (Å²) in [5.74, 6) is 3.56. The van der Waals surface area contributed by atoms with Gasteiger partial charge in [-0.2, -0.15) is 0 Å². The molecule has 0 spiro atoms. The third kappa shape index (κ3) is 8.08. The summed E-state index contributed by atoms with van der Waals surface area (Å²) in [5, 5.41) is 0. The van der Waals surface area contributed by atoms with E-state index in [1.165, 1.54) is 0 Å². The molecule has 40 heavy (non-hydrogen) atoms. The number of ether oxygens (including phenoxy) is 5. The molecule has 0 N–H and O–H groups in total. The number of methoxy groups -OCH3 is 3. The molecule has 0 heterocycles. The van der Waals surface area contributed by atoms with Crippen LogP contribution in [0.4, 0.5) is 0 Å². The van der Waals surface area contributed by atoms with Gasteiger partial charge in [0.15, 0.2) is 23.0 Å². The van der Waals surface area contributed by atoms with E-state index >= 15 is 0 Å². The molecule has 0 aliphatic heterocycles. The van der Waals surface area contributed by atoms with Crippen LogP contribution in [-0.4, -0.2) is 33.5 Å². The Morgan fingerprint density at radius 2 is 0.925 bits per heavy atom. The summed E-state index contributed by atoms with van der Waals surface area (Å²) in [6.07, 6.45) is 11.3. The van der Waals surface area contributed by atoms with Crippen LogP contribution in [0.2, 0.25) is 0 Å². The predicted molar refractivity (Wildman–Crippen MR) is 167 cm³/mol. The van der Waals surface area contributed by atoms with Gasteiger partial charge in [-0.05, 0) is 85.2 Å². The fraction of sp³-hybridized carbons (Fsp3) is 0.371. The van der Waals surface area contributed by atoms with Gasteiger partial charge < -0.3 is 23.7 Å². The van der Waals surface area contributed by atoms with Gasteiger partial charge in [0, 0.05) is 0 Å². The van der Waals surface area contributed by atoms with E-state index in [1.807, 2.05) is 31.2 Å². The second-order valence-electron chi connectivity index (χ2n) is 9.83. The van der Waals surface area contributed by atoms with Gasteiger partial charge >= 0.3 is 0 Å². The maximum atomic E-state index is 6.17. The second kappa shape index (κ2) is 15.1. The fourth-order valence-corrected chi connectivity index (χ4v) is 4.11. The van der Waals surface area contributed by atoms with Crippen molar-refractivity contribution in [1.82, 2.24) is 0 Å². The Labute approximate surface area is 240 Å². The molecule has 214 valence electrons. The van der Waals surface area contributed by atoms with Crippen molar-refractivity contribution in [1.29, 1.82) is 0 Å². The summed E-state index contributed by atoms with van der Waals surface area (Å²) in [5.41, 5.74) is 5.40. The molecule has 0 aliphatic carbocycles. The summed E-state index contributed by atoms with van der Waals surface area (Å²) in [4.78, 5) is 0. The SMILES string of the molecule is CCc1cc(C=Cc2ccc(C=Cc3cc(OC)c(OC(C)CC)c(OC)c3)cc2)cc(OC)c1OC(C)CC. The highest BCUT2D eigenvalue weighted by atomic mass is 16.5. The normalized spacial score (nSPS) is 12.9. The van der Waals surface area contributed by atoms with E-state index in [0.29, 0.717) is 17.2 Å². The van der Waals surface area contributed by atoms with Crippen LogP contribution in [0.3, 0.4) is 0 Å². The lowest BCUT2D eigenvalue weighted by atomic mass is 10.0. The zero-order valence-corrected chi connectivity index (χ0v) is 25.2. The van der Waals surface area contributed by atoms with E-state index in [2.05, 4.69) is 76.3 Å². The van der Waals surface area contributed by atoms with Crippen LogP contribution >= 0.6 is 0 Å². The Morgan fingerprint density at radius 1 is 0.550 bits per heavy atom. The van der Waals surface area contributed by atoms with Crippen molar-refractivity contribution in [2.24, 2.45) is 0 Å². The molecule has 2 unspecified atom stereocenters. The number of benzene rings is 3. The van der Waals surface area contributed by atoms with Crippen LogP contribution in [0.25, 0.3) is 24.3 Å². The molecule has 2 atom stereocenters. The first-order valence-electron chi connectivity index (χ1n) is 14.1. The molecule has 0 amide bonds. The lowest BCUT2D eigenvalue weighted by Crippen LogP contribution is -2.12. The number of aryl methyl sites for hydroxylation is 1. The van der Waals surface area contributed by atoms with Gasteiger partial charge in [0.2, 0.25) is 5.75 Å². The molecule has 5 nitrogen and oxygen atoms in total. The van der Waals surface area contributed by atoms with Gasteiger partial charge in [-0.15, -0.1) is 0 Å². The maximum Gasteiger partial charge on any atom is 0.203 e. The molecule has 0 saturated carbocycles. The van der Waals surface area contributed by atoms with E-state index < -0.39 is 0 Å². The zero-order valence-electron chi connectivity index (χ0n) is 25.2. The van der Waals surface area contributed by atoms with E-state index in [0.717, 1.165) is 58.6 Å². The van der Waals surface area contributed by atoms with Crippen molar-refractivity contribution in [3.63, 3.8) is 0 Å². The van der Waals surface area contributed by atoms with Gasteiger partial charge in [0.1, 0.15) is 0 Å². The Morgan fingerprint density at radius 3 is 1.32 bits per heavy atom. The number of hydrogen-bond acceptors (Lipinski definition) is 5. The van der Waals surface area contributed by atoms with Crippen LogP contribution in [0.1, 0.15) is 75.3 Å². The van der Waals surface area contributed by atoms with Crippen molar-refractivity contribution < 1.29 is 23.7 Å². The van der Waals surface area contributed by atoms with E-state index in [9.17, 15) is 0 Å². The molecule has 3 rings (SSSR count). The van der Waals surface area contributed by atoms with Crippen LogP contribution < -0.4 is 23.7 Å².